The third kappa shape index (κ3) is 7.72. The molecule has 44 heavy (non-hydrogen) atoms. The molecule has 0 radical (unpaired) electrons. The van der Waals surface area contributed by atoms with Gasteiger partial charge in [-0.25, -0.2) is 0 Å². The maximum absolute atomic E-state index is 12.8. The van der Waals surface area contributed by atoms with E-state index in [0.29, 0.717) is 13.0 Å². The van der Waals surface area contributed by atoms with Crippen LogP contribution in [0.4, 0.5) is 0 Å². The van der Waals surface area contributed by atoms with E-state index in [1.807, 2.05) is 64.1 Å². The minimum Gasteiger partial charge on any atom is -0.465 e. The lowest BCUT2D eigenvalue weighted by molar-refractivity contribution is -0.175. The molecule has 0 bridgehead atoms. The van der Waals surface area contributed by atoms with Crippen LogP contribution in [0.5, 0.6) is 0 Å². The van der Waals surface area contributed by atoms with Crippen LogP contribution in [0.3, 0.4) is 0 Å². The summed E-state index contributed by atoms with van der Waals surface area (Å²) in [5.74, 6) is -0.0381. The van der Waals surface area contributed by atoms with E-state index in [0.717, 1.165) is 55.3 Å². The zero-order valence-corrected chi connectivity index (χ0v) is 28.9. The van der Waals surface area contributed by atoms with Gasteiger partial charge in [-0.05, 0) is 88.1 Å². The molecule has 2 saturated heterocycles. The number of ketones is 1. The first-order valence-corrected chi connectivity index (χ1v) is 18.5. The van der Waals surface area contributed by atoms with Crippen LogP contribution in [-0.4, -0.2) is 55.4 Å². The monoisotopic (exact) mass is 622 g/mol. The zero-order valence-electron chi connectivity index (χ0n) is 27.9. The molecule has 3 unspecified atom stereocenters. The maximum Gasteiger partial charge on any atom is 0.311 e. The molecule has 0 spiro atoms. The van der Waals surface area contributed by atoms with E-state index in [1.165, 1.54) is 0 Å². The Morgan fingerprint density at radius 3 is 2.11 bits per heavy atom. The molecule has 6 nitrogen and oxygen atoms in total. The highest BCUT2D eigenvalue weighted by atomic mass is 28.4. The number of benzene rings is 2. The second-order valence-electron chi connectivity index (χ2n) is 14.9. The Morgan fingerprint density at radius 2 is 1.57 bits per heavy atom. The Labute approximate surface area is 266 Å². The topological polar surface area (TPSA) is 82.1 Å². The lowest BCUT2D eigenvalue weighted by atomic mass is 9.80. The van der Waals surface area contributed by atoms with Crippen molar-refractivity contribution in [2.24, 2.45) is 11.3 Å². The zero-order chi connectivity index (χ0) is 32.2. The SMILES string of the molecule is CC(=O)[C@H](C)CC1CCC2OC(CCCOC(=O)C(C)(C)C)C[C@]2(CCC(C)(C)[Si](O)(c2ccccc2)c2ccccc2)O1. The molecule has 242 valence electrons. The second-order valence-corrected chi connectivity index (χ2v) is 18.9. The van der Waals surface area contributed by atoms with Crippen LogP contribution < -0.4 is 10.4 Å². The number of carbonyl (C=O) groups excluding carboxylic acids is 2. The molecular weight excluding hydrogens is 568 g/mol. The van der Waals surface area contributed by atoms with Gasteiger partial charge < -0.3 is 19.0 Å². The summed E-state index contributed by atoms with van der Waals surface area (Å²) in [4.78, 5) is 37.1. The van der Waals surface area contributed by atoms with E-state index in [4.69, 9.17) is 14.2 Å². The summed E-state index contributed by atoms with van der Waals surface area (Å²) in [5, 5.41) is 1.61. The molecule has 1 N–H and O–H groups in total. The van der Waals surface area contributed by atoms with Gasteiger partial charge in [0, 0.05) is 12.3 Å². The molecule has 2 fully saturated rings. The predicted octanol–water partition coefficient (Wildman–Crippen LogP) is 6.36. The molecule has 0 amide bonds. The Bertz CT molecular complexity index is 1200. The van der Waals surface area contributed by atoms with Crippen molar-refractivity contribution in [3.8, 4) is 0 Å². The van der Waals surface area contributed by atoms with E-state index in [2.05, 4.69) is 38.1 Å². The van der Waals surface area contributed by atoms with Gasteiger partial charge in [0.05, 0.1) is 35.9 Å². The minimum atomic E-state index is -3.18. The van der Waals surface area contributed by atoms with Gasteiger partial charge in [-0.2, -0.15) is 0 Å². The van der Waals surface area contributed by atoms with Crippen molar-refractivity contribution in [3.63, 3.8) is 0 Å². The molecule has 2 aromatic rings. The van der Waals surface area contributed by atoms with Crippen molar-refractivity contribution < 1.29 is 28.6 Å². The van der Waals surface area contributed by atoms with E-state index >= 15 is 0 Å². The summed E-state index contributed by atoms with van der Waals surface area (Å²) in [6.07, 6.45) is 6.29. The summed E-state index contributed by atoms with van der Waals surface area (Å²) in [5.41, 5.74) is -0.994. The smallest absolute Gasteiger partial charge is 0.311 e. The third-order valence-corrected chi connectivity index (χ3v) is 14.6. The van der Waals surface area contributed by atoms with E-state index in [-0.39, 0.29) is 36.0 Å². The molecule has 4 rings (SSSR count). The van der Waals surface area contributed by atoms with Crippen molar-refractivity contribution in [1.82, 2.24) is 0 Å². The van der Waals surface area contributed by atoms with Gasteiger partial charge in [0.2, 0.25) is 0 Å². The Morgan fingerprint density at radius 1 is 0.977 bits per heavy atom. The van der Waals surface area contributed by atoms with Crippen LogP contribution in [0, 0.1) is 11.3 Å². The van der Waals surface area contributed by atoms with E-state index in [9.17, 15) is 14.4 Å². The minimum absolute atomic E-state index is 0.00253. The van der Waals surface area contributed by atoms with Crippen LogP contribution in [0.25, 0.3) is 0 Å². The number of Topliss-reactive ketones (excluding diaryl/α,β-unsaturated/α-hetero) is 1. The number of rotatable bonds is 13. The third-order valence-electron chi connectivity index (χ3n) is 10.0. The number of esters is 1. The predicted molar refractivity (Wildman–Crippen MR) is 178 cm³/mol. The van der Waals surface area contributed by atoms with Gasteiger partial charge in [0.25, 0.3) is 8.32 Å². The Balaban J connectivity index is 1.55. The van der Waals surface area contributed by atoms with E-state index in [1.54, 1.807) is 6.92 Å². The highest BCUT2D eigenvalue weighted by Crippen LogP contribution is 2.50. The summed E-state index contributed by atoms with van der Waals surface area (Å²) < 4.78 is 19.2. The fourth-order valence-corrected chi connectivity index (χ4v) is 10.8. The highest BCUT2D eigenvalue weighted by Gasteiger charge is 2.56. The van der Waals surface area contributed by atoms with Crippen LogP contribution in [0.15, 0.2) is 60.7 Å². The average Bonchev–Trinajstić information content (AvgIpc) is 3.36. The number of hydrogen-bond donors (Lipinski definition) is 1. The Hall–Kier alpha value is -2.32. The van der Waals surface area contributed by atoms with Crippen LogP contribution in [0.2, 0.25) is 5.04 Å². The number of hydrogen-bond acceptors (Lipinski definition) is 6. The average molecular weight is 623 g/mol. The number of ether oxygens (including phenoxy) is 3. The molecule has 2 aromatic carbocycles. The number of carbonyl (C=O) groups is 2. The summed E-state index contributed by atoms with van der Waals surface area (Å²) >= 11 is 0. The maximum atomic E-state index is 12.8. The fourth-order valence-electron chi connectivity index (χ4n) is 7.03. The number of fused-ring (bicyclic) bond motifs is 1. The Kier molecular flexibility index (Phi) is 11.0. The normalized spacial score (nSPS) is 24.9. The molecule has 0 saturated carbocycles. The van der Waals surface area contributed by atoms with Crippen LogP contribution in [-0.2, 0) is 23.8 Å². The first-order chi connectivity index (χ1) is 20.7. The molecule has 5 atom stereocenters. The fraction of sp³-hybridized carbons (Fsp3) is 0.622. The molecule has 2 aliphatic heterocycles. The van der Waals surface area contributed by atoms with Gasteiger partial charge >= 0.3 is 5.97 Å². The van der Waals surface area contributed by atoms with Crippen molar-refractivity contribution in [2.75, 3.05) is 6.61 Å². The molecular formula is C37H54O6Si. The lowest BCUT2D eigenvalue weighted by Gasteiger charge is -2.46. The van der Waals surface area contributed by atoms with Crippen LogP contribution in [0.1, 0.15) is 99.8 Å². The van der Waals surface area contributed by atoms with Gasteiger partial charge in [0.1, 0.15) is 5.78 Å². The first kappa shape index (κ1) is 34.5. The van der Waals surface area contributed by atoms with Gasteiger partial charge in [0.15, 0.2) is 0 Å². The van der Waals surface area contributed by atoms with Crippen molar-refractivity contribution in [1.29, 1.82) is 0 Å². The summed E-state index contributed by atoms with van der Waals surface area (Å²) in [6.45, 7) is 14.1. The van der Waals surface area contributed by atoms with Gasteiger partial charge in [-0.15, -0.1) is 0 Å². The van der Waals surface area contributed by atoms with Gasteiger partial charge in [-0.3, -0.25) is 9.59 Å². The molecule has 0 aromatic heterocycles. The largest absolute Gasteiger partial charge is 0.465 e. The standard InChI is InChI=1S/C37H54O6Si/c1-27(28(2)38)25-29-20-21-33-37(43-29,26-30(42-33)15-14-24-41-34(39)35(3,4)5)23-22-36(6,7)44(40,31-16-10-8-11-17-31)32-18-12-9-13-19-32/h8-13,16-19,27,29-30,33,40H,14-15,20-26H2,1-7H3/t27-,29?,30?,33?,37+/m1/s1. The molecule has 7 heteroatoms. The van der Waals surface area contributed by atoms with Gasteiger partial charge in [-0.1, -0.05) is 81.4 Å². The first-order valence-electron chi connectivity index (χ1n) is 16.5. The highest BCUT2D eigenvalue weighted by molar-refractivity contribution is 6.98. The van der Waals surface area contributed by atoms with Crippen molar-refractivity contribution in [2.45, 2.75) is 129 Å². The van der Waals surface area contributed by atoms with Crippen molar-refractivity contribution in [3.05, 3.63) is 60.7 Å². The lowest BCUT2D eigenvalue weighted by Crippen LogP contribution is -2.65. The van der Waals surface area contributed by atoms with Crippen molar-refractivity contribution >= 4 is 30.4 Å². The molecule has 2 aliphatic rings. The summed E-state index contributed by atoms with van der Waals surface area (Å²) in [6, 6.07) is 20.3. The molecule has 2 heterocycles. The summed E-state index contributed by atoms with van der Waals surface area (Å²) in [7, 11) is -3.18. The quantitative estimate of drug-likeness (QED) is 0.159. The van der Waals surface area contributed by atoms with E-state index < -0.39 is 24.4 Å². The van der Waals surface area contributed by atoms with Crippen LogP contribution >= 0.6 is 0 Å². The second kappa shape index (κ2) is 14.0. The molecule has 0 aliphatic carbocycles.